The van der Waals surface area contributed by atoms with Gasteiger partial charge in [0, 0.05) is 56.3 Å². The number of carbonyl (C=O) groups is 1. The van der Waals surface area contributed by atoms with Gasteiger partial charge in [-0.15, -0.1) is 11.8 Å². The Morgan fingerprint density at radius 2 is 1.50 bits per heavy atom. The van der Waals surface area contributed by atoms with Crippen molar-refractivity contribution >= 4 is 52.3 Å². The van der Waals surface area contributed by atoms with Crippen molar-refractivity contribution in [3.8, 4) is 0 Å². The number of thioether (sulfide) groups is 1. The number of amidine groups is 1. The van der Waals surface area contributed by atoms with Gasteiger partial charge in [-0.3, -0.25) is 0 Å². The van der Waals surface area contributed by atoms with Crippen molar-refractivity contribution in [1.82, 2.24) is 15.1 Å². The van der Waals surface area contributed by atoms with E-state index in [4.69, 9.17) is 21.3 Å². The largest absolute Gasteiger partial charge is 0.378 e. The number of amides is 2. The summed E-state index contributed by atoms with van der Waals surface area (Å²) in [6, 6.07) is 15.4. The first-order valence-corrected chi connectivity index (χ1v) is 15.4. The van der Waals surface area contributed by atoms with Crippen LogP contribution < -0.4 is 20.9 Å². The van der Waals surface area contributed by atoms with Crippen LogP contribution in [0.15, 0.2) is 63.6 Å². The third-order valence-corrected chi connectivity index (χ3v) is 8.11. The second kappa shape index (κ2) is 14.6. The maximum absolute atomic E-state index is 12.6. The molecule has 0 aromatic heterocycles. The number of halogens is 1. The fourth-order valence-corrected chi connectivity index (χ4v) is 5.72. The summed E-state index contributed by atoms with van der Waals surface area (Å²) < 4.78 is 5.50. The summed E-state index contributed by atoms with van der Waals surface area (Å²) in [6.45, 7) is 11.1. The summed E-state index contributed by atoms with van der Waals surface area (Å²) >= 11 is 8.20. The SMILES string of the molecule is CC.CSC1=C(Cl)NC(c2ccc(NC(=O)Nc3ccc(N4CCN(C)CC4)cc3)cc2)N=C1N1CCOCC1. The van der Waals surface area contributed by atoms with E-state index in [0.717, 1.165) is 61.3 Å². The maximum atomic E-state index is 12.6. The molecule has 3 aliphatic heterocycles. The second-order valence-electron chi connectivity index (χ2n) is 9.48. The number of nitrogens with zero attached hydrogens (tertiary/aromatic N) is 4. The van der Waals surface area contributed by atoms with E-state index in [1.54, 1.807) is 11.8 Å². The lowest BCUT2D eigenvalue weighted by Gasteiger charge is -2.34. The summed E-state index contributed by atoms with van der Waals surface area (Å²) in [7, 11) is 2.15. The van der Waals surface area contributed by atoms with Gasteiger partial charge in [-0.1, -0.05) is 37.6 Å². The van der Waals surface area contributed by atoms with Crippen LogP contribution in [-0.4, -0.2) is 87.5 Å². The first kappa shape index (κ1) is 30.0. The highest BCUT2D eigenvalue weighted by atomic mass is 35.5. The predicted octanol–water partition coefficient (Wildman–Crippen LogP) is 5.21. The van der Waals surface area contributed by atoms with Crippen LogP contribution in [0.5, 0.6) is 0 Å². The van der Waals surface area contributed by atoms with E-state index in [0.29, 0.717) is 24.1 Å². The quantitative estimate of drug-likeness (QED) is 0.415. The molecule has 5 rings (SSSR count). The molecule has 2 aromatic rings. The van der Waals surface area contributed by atoms with Crippen LogP contribution in [0, 0.1) is 0 Å². The molecule has 1 unspecified atom stereocenters. The highest BCUT2D eigenvalue weighted by Gasteiger charge is 2.27. The number of benzene rings is 2. The number of ether oxygens (including phenoxy) is 1. The van der Waals surface area contributed by atoms with Gasteiger partial charge in [0.25, 0.3) is 0 Å². The van der Waals surface area contributed by atoms with Gasteiger partial charge in [-0.25, -0.2) is 9.79 Å². The lowest BCUT2D eigenvalue weighted by atomic mass is 10.1. The van der Waals surface area contributed by atoms with Gasteiger partial charge in [-0.2, -0.15) is 0 Å². The molecule has 216 valence electrons. The number of aliphatic imine (C=N–C) groups is 1. The number of nitrogens with one attached hydrogen (secondary N) is 3. The number of hydrogen-bond donors (Lipinski definition) is 3. The molecule has 1 atom stereocenters. The minimum Gasteiger partial charge on any atom is -0.378 e. The second-order valence-corrected chi connectivity index (χ2v) is 10.7. The summed E-state index contributed by atoms with van der Waals surface area (Å²) in [5.74, 6) is 0.898. The van der Waals surface area contributed by atoms with Crippen molar-refractivity contribution in [3.05, 3.63) is 64.2 Å². The van der Waals surface area contributed by atoms with E-state index >= 15 is 0 Å². The van der Waals surface area contributed by atoms with Crippen LogP contribution in [0.25, 0.3) is 0 Å². The molecule has 0 aliphatic carbocycles. The van der Waals surface area contributed by atoms with E-state index in [9.17, 15) is 4.79 Å². The van der Waals surface area contributed by atoms with Gasteiger partial charge in [0.1, 0.15) is 17.2 Å². The number of morpholine rings is 1. The van der Waals surface area contributed by atoms with Crippen LogP contribution in [0.2, 0.25) is 0 Å². The maximum Gasteiger partial charge on any atom is 0.323 e. The number of urea groups is 1. The van der Waals surface area contributed by atoms with Crippen molar-refractivity contribution in [2.45, 2.75) is 20.0 Å². The summed E-state index contributed by atoms with van der Waals surface area (Å²) in [6.07, 6.45) is 1.70. The monoisotopic (exact) mass is 585 g/mol. The molecule has 3 N–H and O–H groups in total. The standard InChI is InChI=1S/C27H34ClN7O2S.C2H6/c1-33-11-13-34(14-12-33)22-9-7-21(8-10-22)30-27(36)29-20-5-3-19(4-6-20)25-31-24(28)23(38-2)26(32-25)35-15-17-37-18-16-35;1-2/h3-10,25,31H,11-18H2,1-2H3,(H2,29,30,36);1-2H3. The number of carbonyl (C=O) groups excluding carboxylic acids is 1. The molecule has 11 heteroatoms. The molecule has 0 bridgehead atoms. The van der Waals surface area contributed by atoms with E-state index in [1.807, 2.05) is 56.5 Å². The van der Waals surface area contributed by atoms with Crippen LogP contribution in [0.4, 0.5) is 21.9 Å². The van der Waals surface area contributed by atoms with Gasteiger partial charge < -0.3 is 35.4 Å². The number of rotatable bonds is 5. The van der Waals surface area contributed by atoms with E-state index in [-0.39, 0.29) is 12.2 Å². The molecule has 40 heavy (non-hydrogen) atoms. The van der Waals surface area contributed by atoms with Crippen LogP contribution in [0.3, 0.4) is 0 Å². The fourth-order valence-electron chi connectivity index (χ4n) is 4.70. The lowest BCUT2D eigenvalue weighted by Crippen LogP contribution is -2.44. The van der Waals surface area contributed by atoms with Crippen molar-refractivity contribution in [2.24, 2.45) is 4.99 Å². The third-order valence-electron chi connectivity index (χ3n) is 6.91. The first-order chi connectivity index (χ1) is 19.5. The molecular formula is C29H40ClN7O2S. The summed E-state index contributed by atoms with van der Waals surface area (Å²) in [5, 5.41) is 9.71. The van der Waals surface area contributed by atoms with Crippen molar-refractivity contribution in [1.29, 1.82) is 0 Å². The van der Waals surface area contributed by atoms with E-state index < -0.39 is 0 Å². The minimum atomic E-state index is -0.307. The molecule has 2 saturated heterocycles. The normalized spacial score (nSPS) is 19.7. The third kappa shape index (κ3) is 7.63. The molecular weight excluding hydrogens is 546 g/mol. The summed E-state index contributed by atoms with van der Waals surface area (Å²) in [5.41, 5.74) is 3.58. The topological polar surface area (TPSA) is 84.5 Å². The predicted molar refractivity (Wildman–Crippen MR) is 169 cm³/mol. The molecule has 9 nitrogen and oxygen atoms in total. The highest BCUT2D eigenvalue weighted by molar-refractivity contribution is 8.03. The fraction of sp³-hybridized carbons (Fsp3) is 0.448. The zero-order valence-corrected chi connectivity index (χ0v) is 25.3. The Morgan fingerprint density at radius 1 is 0.925 bits per heavy atom. The average Bonchev–Trinajstić information content (AvgIpc) is 2.99. The summed E-state index contributed by atoms with van der Waals surface area (Å²) in [4.78, 5) is 25.4. The van der Waals surface area contributed by atoms with E-state index in [2.05, 4.69) is 49.8 Å². The van der Waals surface area contributed by atoms with Crippen molar-refractivity contribution in [2.75, 3.05) is 81.3 Å². The number of piperazine rings is 1. The van der Waals surface area contributed by atoms with Gasteiger partial charge in [-0.05, 0) is 55.3 Å². The zero-order chi connectivity index (χ0) is 28.5. The Balaban J connectivity index is 0.00000181. The lowest BCUT2D eigenvalue weighted by molar-refractivity contribution is 0.0680. The van der Waals surface area contributed by atoms with Gasteiger partial charge in [0.15, 0.2) is 0 Å². The van der Waals surface area contributed by atoms with Gasteiger partial charge >= 0.3 is 6.03 Å². The molecule has 0 radical (unpaired) electrons. The van der Waals surface area contributed by atoms with Crippen LogP contribution in [-0.2, 0) is 4.74 Å². The Bertz CT molecular complexity index is 1180. The molecule has 3 heterocycles. The molecule has 0 saturated carbocycles. The molecule has 2 aromatic carbocycles. The average molecular weight is 586 g/mol. The van der Waals surface area contributed by atoms with Crippen molar-refractivity contribution < 1.29 is 9.53 Å². The highest BCUT2D eigenvalue weighted by Crippen LogP contribution is 2.32. The number of hydrogen-bond acceptors (Lipinski definition) is 8. The molecule has 3 aliphatic rings. The smallest absolute Gasteiger partial charge is 0.323 e. The Kier molecular flexibility index (Phi) is 11.0. The Hall–Kier alpha value is -2.92. The van der Waals surface area contributed by atoms with Crippen molar-refractivity contribution in [3.63, 3.8) is 0 Å². The number of likely N-dealkylation sites (N-methyl/N-ethyl adjacent to an activating group) is 1. The molecule has 0 spiro atoms. The Labute approximate surface area is 247 Å². The van der Waals surface area contributed by atoms with Crippen LogP contribution >= 0.6 is 23.4 Å². The Morgan fingerprint density at radius 3 is 2.08 bits per heavy atom. The van der Waals surface area contributed by atoms with Crippen LogP contribution in [0.1, 0.15) is 25.6 Å². The zero-order valence-electron chi connectivity index (χ0n) is 23.7. The minimum absolute atomic E-state index is 0.288. The van der Waals surface area contributed by atoms with E-state index in [1.165, 1.54) is 5.69 Å². The number of anilines is 3. The molecule has 2 fully saturated rings. The van der Waals surface area contributed by atoms with Gasteiger partial charge in [0.2, 0.25) is 0 Å². The molecule has 2 amide bonds. The first-order valence-electron chi connectivity index (χ1n) is 13.8. The van der Waals surface area contributed by atoms with Gasteiger partial charge in [0.05, 0.1) is 18.1 Å².